The van der Waals surface area contributed by atoms with E-state index in [2.05, 4.69) is 6.07 Å². The normalized spacial score (nSPS) is 15.9. The fourth-order valence-corrected chi connectivity index (χ4v) is 4.60. The fourth-order valence-electron chi connectivity index (χ4n) is 3.87. The Morgan fingerprint density at radius 1 is 0.921 bits per heavy atom. The molecule has 0 aliphatic heterocycles. The number of methoxy groups -OCH3 is 2. The summed E-state index contributed by atoms with van der Waals surface area (Å²) in [5.41, 5.74) is 3.26. The summed E-state index contributed by atoms with van der Waals surface area (Å²) in [6.07, 6.45) is 0.731. The Morgan fingerprint density at radius 3 is 2.05 bits per heavy atom. The third-order valence-corrected chi connectivity index (χ3v) is 6.59. The molecule has 0 radical (unpaired) electrons. The monoisotopic (exact) mass is 556 g/mol. The highest BCUT2D eigenvalue weighted by molar-refractivity contribution is 6.50. The summed E-state index contributed by atoms with van der Waals surface area (Å²) in [5.74, 6) is 0.639. The van der Waals surface area contributed by atoms with Crippen LogP contribution in [0.2, 0.25) is 0 Å². The Labute approximate surface area is 231 Å². The highest BCUT2D eigenvalue weighted by Gasteiger charge is 2.26. The molecule has 0 amide bonds. The molecule has 198 valence electrons. The molecule has 2 aliphatic rings. The Balaban J connectivity index is 0.000000211. The minimum Gasteiger partial charge on any atom is -0.506 e. The maximum Gasteiger partial charge on any atom is 0.181 e. The second kappa shape index (κ2) is 13.9. The number of carbonyl (C=O) groups is 1. The van der Waals surface area contributed by atoms with Gasteiger partial charge in [0.1, 0.15) is 42.1 Å². The third-order valence-electron chi connectivity index (χ3n) is 5.81. The SMILES string of the molecule is COCCOc1ccc2c(c1)C(Cl)=C(C#N)C(Cl)C2.COCCOc1ccc2c(c1)C(O)=C(C#N)C(=O)C2. The summed E-state index contributed by atoms with van der Waals surface area (Å²) in [6, 6.07) is 14.5. The first-order chi connectivity index (χ1) is 18.3. The van der Waals surface area contributed by atoms with E-state index in [9.17, 15) is 9.90 Å². The lowest BCUT2D eigenvalue weighted by Crippen LogP contribution is -2.15. The van der Waals surface area contributed by atoms with E-state index < -0.39 is 0 Å². The van der Waals surface area contributed by atoms with Crippen LogP contribution < -0.4 is 9.47 Å². The number of benzene rings is 2. The first-order valence-electron chi connectivity index (χ1n) is 11.6. The van der Waals surface area contributed by atoms with Gasteiger partial charge >= 0.3 is 0 Å². The van der Waals surface area contributed by atoms with Gasteiger partial charge in [0.05, 0.1) is 35.3 Å². The molecule has 1 unspecified atom stereocenters. The summed E-state index contributed by atoms with van der Waals surface area (Å²) >= 11 is 12.4. The second-order valence-electron chi connectivity index (χ2n) is 8.27. The van der Waals surface area contributed by atoms with Gasteiger partial charge < -0.3 is 24.1 Å². The van der Waals surface area contributed by atoms with Gasteiger partial charge in [-0.2, -0.15) is 10.5 Å². The minimum atomic E-state index is -0.361. The molecule has 38 heavy (non-hydrogen) atoms. The number of nitrogens with zero attached hydrogens (tertiary/aromatic N) is 2. The van der Waals surface area contributed by atoms with Crippen molar-refractivity contribution in [3.63, 3.8) is 0 Å². The Kier molecular flexibility index (Phi) is 10.6. The van der Waals surface area contributed by atoms with Crippen LogP contribution in [-0.4, -0.2) is 56.9 Å². The van der Waals surface area contributed by atoms with Gasteiger partial charge in [-0.3, -0.25) is 4.79 Å². The molecule has 0 saturated heterocycles. The van der Waals surface area contributed by atoms with E-state index in [0.29, 0.717) is 66.1 Å². The van der Waals surface area contributed by atoms with Crippen LogP contribution in [0.25, 0.3) is 10.8 Å². The Hall–Kier alpha value is -3.53. The molecule has 1 N–H and O–H groups in total. The number of ether oxygens (including phenoxy) is 4. The molecule has 2 aromatic rings. The van der Waals surface area contributed by atoms with Crippen molar-refractivity contribution in [2.24, 2.45) is 0 Å². The van der Waals surface area contributed by atoms with E-state index in [0.717, 1.165) is 11.1 Å². The summed E-state index contributed by atoms with van der Waals surface area (Å²) in [5, 5.41) is 27.9. The number of aliphatic hydroxyl groups excluding tert-OH is 1. The predicted octanol–water partition coefficient (Wildman–Crippen LogP) is 4.98. The molecule has 0 fully saturated rings. The van der Waals surface area contributed by atoms with Crippen LogP contribution in [0, 0.1) is 22.7 Å². The summed E-state index contributed by atoms with van der Waals surface area (Å²) < 4.78 is 20.8. The molecule has 1 atom stereocenters. The Bertz CT molecular complexity index is 1340. The number of alkyl halides is 1. The van der Waals surface area contributed by atoms with Gasteiger partial charge in [-0.05, 0) is 41.8 Å². The van der Waals surface area contributed by atoms with Crippen molar-refractivity contribution in [3.8, 4) is 23.6 Å². The second-order valence-corrected chi connectivity index (χ2v) is 9.17. The summed E-state index contributed by atoms with van der Waals surface area (Å²) in [4.78, 5) is 11.6. The predicted molar refractivity (Wildman–Crippen MR) is 143 cm³/mol. The molecule has 2 aliphatic carbocycles. The molecule has 0 saturated carbocycles. The van der Waals surface area contributed by atoms with E-state index in [1.54, 1.807) is 38.5 Å². The van der Waals surface area contributed by atoms with Crippen molar-refractivity contribution in [1.82, 2.24) is 0 Å². The number of carbonyl (C=O) groups excluding carboxylic acids is 1. The van der Waals surface area contributed by atoms with Gasteiger partial charge in [-0.1, -0.05) is 23.7 Å². The number of hydrogen-bond donors (Lipinski definition) is 1. The van der Waals surface area contributed by atoms with Crippen molar-refractivity contribution in [1.29, 1.82) is 10.5 Å². The average Bonchev–Trinajstić information content (AvgIpc) is 2.90. The molecule has 0 heterocycles. The first-order valence-corrected chi connectivity index (χ1v) is 12.5. The van der Waals surface area contributed by atoms with E-state index in [1.165, 1.54) is 0 Å². The van der Waals surface area contributed by atoms with E-state index in [4.69, 9.17) is 52.7 Å². The van der Waals surface area contributed by atoms with E-state index in [1.807, 2.05) is 18.2 Å². The number of aliphatic hydroxyl groups is 1. The van der Waals surface area contributed by atoms with Crippen LogP contribution in [-0.2, 0) is 27.1 Å². The number of ketones is 1. The molecule has 0 aromatic heterocycles. The summed E-state index contributed by atoms with van der Waals surface area (Å²) in [7, 11) is 3.20. The molecular weight excluding hydrogens is 531 g/mol. The number of hydrogen-bond acceptors (Lipinski definition) is 8. The standard InChI is InChI=1S/C14H13Cl2NO2.C14H13NO4/c1-18-4-5-19-10-3-2-9-6-13(15)12(8-17)14(16)11(9)7-10;1-18-4-5-19-10-3-2-9-6-13(16)12(8-15)14(17)11(9)7-10/h2-3,7,13H,4-6H2,1H3;2-3,7,17H,4-6H2,1H3. The number of allylic oxidation sites excluding steroid dienone is 2. The van der Waals surface area contributed by atoms with Crippen LogP contribution in [0.5, 0.6) is 11.5 Å². The number of rotatable bonds is 8. The summed E-state index contributed by atoms with van der Waals surface area (Å²) in [6.45, 7) is 1.85. The molecule has 0 bridgehead atoms. The largest absolute Gasteiger partial charge is 0.506 e. The van der Waals surface area contributed by atoms with E-state index in [-0.39, 0.29) is 28.9 Å². The minimum absolute atomic E-state index is 0.126. The van der Waals surface area contributed by atoms with Crippen LogP contribution in [0.1, 0.15) is 22.3 Å². The van der Waals surface area contributed by atoms with Gasteiger partial charge in [0.2, 0.25) is 0 Å². The molecule has 8 nitrogen and oxygen atoms in total. The zero-order chi connectivity index (χ0) is 27.7. The van der Waals surface area contributed by atoms with Crippen LogP contribution >= 0.6 is 23.2 Å². The lowest BCUT2D eigenvalue weighted by molar-refractivity contribution is -0.114. The molecule has 2 aromatic carbocycles. The maximum absolute atomic E-state index is 11.6. The molecule has 10 heteroatoms. The number of Topliss-reactive ketones (excluding diaryl/α,β-unsaturated/α-hetero) is 1. The smallest absolute Gasteiger partial charge is 0.181 e. The van der Waals surface area contributed by atoms with E-state index >= 15 is 0 Å². The molecular formula is C28H26Cl2N2O6. The number of nitriles is 2. The van der Waals surface area contributed by atoms with Crippen molar-refractivity contribution in [3.05, 3.63) is 69.8 Å². The van der Waals surface area contributed by atoms with Gasteiger partial charge in [0.15, 0.2) is 5.78 Å². The molecule has 4 rings (SSSR count). The first kappa shape index (κ1) is 29.0. The zero-order valence-electron chi connectivity index (χ0n) is 20.9. The Morgan fingerprint density at radius 2 is 1.50 bits per heavy atom. The van der Waals surface area contributed by atoms with Gasteiger partial charge in [0.25, 0.3) is 0 Å². The van der Waals surface area contributed by atoms with Gasteiger partial charge in [-0.25, -0.2) is 0 Å². The third kappa shape index (κ3) is 6.86. The lowest BCUT2D eigenvalue weighted by Gasteiger charge is -2.21. The highest BCUT2D eigenvalue weighted by atomic mass is 35.5. The van der Waals surface area contributed by atoms with Crippen LogP contribution in [0.3, 0.4) is 0 Å². The zero-order valence-corrected chi connectivity index (χ0v) is 22.4. The van der Waals surface area contributed by atoms with Crippen molar-refractivity contribution in [2.45, 2.75) is 18.2 Å². The maximum atomic E-state index is 11.6. The highest BCUT2D eigenvalue weighted by Crippen LogP contribution is 2.38. The van der Waals surface area contributed by atoms with Crippen molar-refractivity contribution in [2.75, 3.05) is 40.6 Å². The van der Waals surface area contributed by atoms with Crippen LogP contribution in [0.4, 0.5) is 0 Å². The lowest BCUT2D eigenvalue weighted by atomic mass is 9.90. The number of fused-ring (bicyclic) bond motifs is 2. The van der Waals surface area contributed by atoms with Crippen LogP contribution in [0.15, 0.2) is 47.5 Å². The quantitative estimate of drug-likeness (QED) is 0.357. The fraction of sp³-hybridized carbons (Fsp3) is 0.321. The average molecular weight is 557 g/mol. The van der Waals surface area contributed by atoms with Crippen molar-refractivity contribution < 1.29 is 28.8 Å². The molecule has 0 spiro atoms. The van der Waals surface area contributed by atoms with Gasteiger partial charge in [0, 0.05) is 31.8 Å². The van der Waals surface area contributed by atoms with Crippen molar-refractivity contribution >= 4 is 39.8 Å². The van der Waals surface area contributed by atoms with Gasteiger partial charge in [-0.15, -0.1) is 11.6 Å². The number of halogens is 2. The topological polar surface area (TPSA) is 122 Å².